The summed E-state index contributed by atoms with van der Waals surface area (Å²) in [4.78, 5) is 0. The van der Waals surface area contributed by atoms with E-state index in [1.54, 1.807) is 0 Å². The molecule has 0 aliphatic carbocycles. The molecule has 0 aliphatic rings. The Morgan fingerprint density at radius 3 is 2.27 bits per heavy atom. The molecular weight excluding hydrogens is 247 g/mol. The van der Waals surface area contributed by atoms with Gasteiger partial charge in [-0.05, 0) is 26.3 Å². The molecule has 0 fully saturated rings. The maximum absolute atomic E-state index is 3.97. The highest BCUT2D eigenvalue weighted by molar-refractivity contribution is 14.1. The lowest BCUT2D eigenvalue weighted by Gasteiger charge is -2.15. The molecule has 0 aromatic heterocycles. The number of halogens is 1. The average Bonchev–Trinajstić information content (AvgIpc) is 1.86. The van der Waals surface area contributed by atoms with E-state index in [1.165, 1.54) is 0 Å². The van der Waals surface area contributed by atoms with E-state index in [1.807, 2.05) is 31.2 Å². The van der Waals surface area contributed by atoms with Crippen molar-refractivity contribution in [3.8, 4) is 0 Å². The Hall–Kier alpha value is -0.0500. The quantitative estimate of drug-likeness (QED) is 0.411. The first kappa shape index (κ1) is 11.0. The maximum Gasteiger partial charge on any atom is 0.0408 e. The summed E-state index contributed by atoms with van der Waals surface area (Å²) < 4.78 is 0.163. The van der Waals surface area contributed by atoms with Crippen molar-refractivity contribution in [3.05, 3.63) is 36.5 Å². The molecule has 0 atom stereocenters. The molecule has 0 saturated heterocycles. The highest BCUT2D eigenvalue weighted by Gasteiger charge is 2.13. The van der Waals surface area contributed by atoms with Crippen molar-refractivity contribution in [2.45, 2.75) is 24.2 Å². The highest BCUT2D eigenvalue weighted by Crippen LogP contribution is 2.25. The normalized spacial score (nSPS) is 13.1. The van der Waals surface area contributed by atoms with Crippen molar-refractivity contribution in [2.75, 3.05) is 0 Å². The lowest BCUT2D eigenvalue weighted by atomic mass is 10.1. The minimum absolute atomic E-state index is 0.163. The summed E-state index contributed by atoms with van der Waals surface area (Å²) in [7, 11) is 0. The third kappa shape index (κ3) is 5.24. The first-order valence-corrected chi connectivity index (χ1v) is 4.74. The van der Waals surface area contributed by atoms with E-state index in [9.17, 15) is 0 Å². The Kier molecular flexibility index (Phi) is 4.73. The maximum atomic E-state index is 3.97. The van der Waals surface area contributed by atoms with E-state index in [4.69, 9.17) is 0 Å². The minimum Gasteiger partial charge on any atom is -0.0945 e. The molecule has 0 aliphatic heterocycles. The largest absolute Gasteiger partial charge is 0.0945 e. The van der Waals surface area contributed by atoms with Crippen molar-refractivity contribution in [1.29, 1.82) is 0 Å². The summed E-state index contributed by atoms with van der Waals surface area (Å²) in [6.07, 6.45) is 8.08. The van der Waals surface area contributed by atoms with Gasteiger partial charge < -0.3 is 0 Å². The van der Waals surface area contributed by atoms with Crippen LogP contribution in [0.3, 0.4) is 0 Å². The molecule has 0 saturated carbocycles. The summed E-state index contributed by atoms with van der Waals surface area (Å²) >= 11 is 2.38. The predicted molar refractivity (Wildman–Crippen MR) is 61.2 cm³/mol. The molecule has 0 radical (unpaired) electrons. The fourth-order valence-electron chi connectivity index (χ4n) is 0.481. The van der Waals surface area contributed by atoms with Gasteiger partial charge in [-0.2, -0.15) is 0 Å². The molecule has 0 amide bonds. The Morgan fingerprint density at radius 2 is 1.91 bits per heavy atom. The van der Waals surface area contributed by atoms with E-state index < -0.39 is 0 Å². The standard InChI is InChI=1S/C10H15I/c1-5-6-7-8-9(2)10(3,4)11/h5-8H,2H2,1,3-4H3/b6-5-,8-7-. The molecule has 0 aromatic carbocycles. The average molecular weight is 262 g/mol. The number of allylic oxidation sites excluding steroid dienone is 5. The van der Waals surface area contributed by atoms with Crippen LogP contribution in [0.15, 0.2) is 36.5 Å². The van der Waals surface area contributed by atoms with Gasteiger partial charge in [-0.3, -0.25) is 0 Å². The van der Waals surface area contributed by atoms with Gasteiger partial charge in [-0.15, -0.1) is 0 Å². The molecule has 1 heteroatoms. The molecule has 0 bridgehead atoms. The first-order valence-electron chi connectivity index (χ1n) is 3.66. The van der Waals surface area contributed by atoms with E-state index in [0.717, 1.165) is 5.57 Å². The zero-order chi connectivity index (χ0) is 8.91. The molecule has 0 rings (SSSR count). The first-order chi connectivity index (χ1) is 4.98. The highest BCUT2D eigenvalue weighted by atomic mass is 127. The number of rotatable bonds is 3. The van der Waals surface area contributed by atoms with Gasteiger partial charge in [0.15, 0.2) is 0 Å². The van der Waals surface area contributed by atoms with Crippen molar-refractivity contribution < 1.29 is 0 Å². The molecule has 0 nitrogen and oxygen atoms in total. The molecule has 0 heterocycles. The number of alkyl halides is 1. The van der Waals surface area contributed by atoms with E-state index >= 15 is 0 Å². The van der Waals surface area contributed by atoms with Crippen molar-refractivity contribution in [2.24, 2.45) is 0 Å². The second kappa shape index (κ2) is 4.75. The van der Waals surface area contributed by atoms with Crippen molar-refractivity contribution in [3.63, 3.8) is 0 Å². The predicted octanol–water partition coefficient (Wildman–Crippen LogP) is 3.89. The Bertz CT molecular complexity index is 180. The third-order valence-corrected chi connectivity index (χ3v) is 2.06. The zero-order valence-corrected chi connectivity index (χ0v) is 9.55. The lowest BCUT2D eigenvalue weighted by Crippen LogP contribution is -2.09. The minimum atomic E-state index is 0.163. The molecule has 11 heavy (non-hydrogen) atoms. The topological polar surface area (TPSA) is 0 Å². The van der Waals surface area contributed by atoms with Gasteiger partial charge in [0, 0.05) is 3.42 Å². The smallest absolute Gasteiger partial charge is 0.0408 e. The summed E-state index contributed by atoms with van der Waals surface area (Å²) in [5, 5.41) is 0. The van der Waals surface area contributed by atoms with Crippen LogP contribution in [0.25, 0.3) is 0 Å². The van der Waals surface area contributed by atoms with Crippen molar-refractivity contribution in [1.82, 2.24) is 0 Å². The third-order valence-electron chi connectivity index (χ3n) is 1.36. The van der Waals surface area contributed by atoms with E-state index in [0.29, 0.717) is 0 Å². The van der Waals surface area contributed by atoms with Crippen LogP contribution in [0, 0.1) is 0 Å². The fourth-order valence-corrected chi connectivity index (χ4v) is 0.661. The monoisotopic (exact) mass is 262 g/mol. The molecule has 62 valence electrons. The molecular formula is C10H15I. The van der Waals surface area contributed by atoms with Crippen LogP contribution >= 0.6 is 22.6 Å². The van der Waals surface area contributed by atoms with Crippen LogP contribution in [0.1, 0.15) is 20.8 Å². The van der Waals surface area contributed by atoms with Crippen LogP contribution < -0.4 is 0 Å². The van der Waals surface area contributed by atoms with Crippen LogP contribution in [0.2, 0.25) is 0 Å². The van der Waals surface area contributed by atoms with Gasteiger partial charge in [0.2, 0.25) is 0 Å². The zero-order valence-electron chi connectivity index (χ0n) is 7.39. The number of hydrogen-bond donors (Lipinski definition) is 0. The Labute approximate surface area is 83.2 Å². The number of hydrogen-bond acceptors (Lipinski definition) is 0. The fraction of sp³-hybridized carbons (Fsp3) is 0.400. The molecule has 0 aromatic rings. The van der Waals surface area contributed by atoms with Gasteiger partial charge >= 0.3 is 0 Å². The van der Waals surface area contributed by atoms with E-state index in [-0.39, 0.29) is 3.42 Å². The van der Waals surface area contributed by atoms with Gasteiger partial charge in [0.25, 0.3) is 0 Å². The summed E-state index contributed by atoms with van der Waals surface area (Å²) in [6, 6.07) is 0. The second-order valence-electron chi connectivity index (χ2n) is 2.88. The Morgan fingerprint density at radius 1 is 1.36 bits per heavy atom. The Balaban J connectivity index is 4.08. The van der Waals surface area contributed by atoms with Crippen molar-refractivity contribution >= 4 is 22.6 Å². The summed E-state index contributed by atoms with van der Waals surface area (Å²) in [5.74, 6) is 0. The van der Waals surface area contributed by atoms with E-state index in [2.05, 4.69) is 43.0 Å². The van der Waals surface area contributed by atoms with Gasteiger partial charge in [0.1, 0.15) is 0 Å². The SMILES string of the molecule is C=C(/C=C\C=C/C)C(C)(C)I. The molecule has 0 spiro atoms. The van der Waals surface area contributed by atoms with Gasteiger partial charge in [-0.25, -0.2) is 0 Å². The lowest BCUT2D eigenvalue weighted by molar-refractivity contribution is 0.905. The molecule has 0 N–H and O–H groups in total. The van der Waals surface area contributed by atoms with Gasteiger partial charge in [-0.1, -0.05) is 53.5 Å². The van der Waals surface area contributed by atoms with Crippen LogP contribution in [-0.4, -0.2) is 3.42 Å². The van der Waals surface area contributed by atoms with Gasteiger partial charge in [0.05, 0.1) is 0 Å². The second-order valence-corrected chi connectivity index (χ2v) is 5.58. The van der Waals surface area contributed by atoms with Crippen LogP contribution in [0.5, 0.6) is 0 Å². The van der Waals surface area contributed by atoms with Crippen LogP contribution in [0.4, 0.5) is 0 Å². The van der Waals surface area contributed by atoms with Crippen LogP contribution in [-0.2, 0) is 0 Å². The summed E-state index contributed by atoms with van der Waals surface area (Å²) in [5.41, 5.74) is 1.15. The molecule has 0 unspecified atom stereocenters. The summed E-state index contributed by atoms with van der Waals surface area (Å²) in [6.45, 7) is 10.3.